The van der Waals surface area contributed by atoms with E-state index < -0.39 is 10.7 Å². The van der Waals surface area contributed by atoms with Crippen molar-refractivity contribution in [3.63, 3.8) is 0 Å². The first-order valence-electron chi connectivity index (χ1n) is 10.4. The van der Waals surface area contributed by atoms with Gasteiger partial charge in [0.1, 0.15) is 12.0 Å². The molecule has 0 bridgehead atoms. The first kappa shape index (κ1) is 19.3. The van der Waals surface area contributed by atoms with E-state index in [1.807, 2.05) is 12.1 Å². The van der Waals surface area contributed by atoms with Gasteiger partial charge in [-0.3, -0.25) is 15.1 Å². The minimum atomic E-state index is -0.550. The van der Waals surface area contributed by atoms with E-state index in [1.54, 1.807) is 0 Å². The molecular weight excluding hydrogens is 427 g/mol. The fraction of sp³-hybridized carbons (Fsp3) is 0.182. The van der Waals surface area contributed by atoms with Gasteiger partial charge in [0, 0.05) is 34.4 Å². The van der Waals surface area contributed by atoms with Crippen molar-refractivity contribution in [3.05, 3.63) is 76.1 Å². The second kappa shape index (κ2) is 7.33. The monoisotopic (exact) mass is 444 g/mol. The standard InChI is InChI=1S/C22H17FN8O2/c23-13-7-12(9-24-10-13)20-28-21-19(31(32)33)11-25-30(21)22(29-20)26-14-5-6-18-16(8-14)15-3-1-2-4-17(15)27-18/h1-4,7,9-11,14,27H,5-6,8H2,(H,26,28,29). The molecule has 1 aliphatic rings. The van der Waals surface area contributed by atoms with Gasteiger partial charge >= 0.3 is 5.69 Å². The Morgan fingerprint density at radius 1 is 1.21 bits per heavy atom. The number of para-hydroxylation sites is 1. The Bertz CT molecular complexity index is 1540. The minimum absolute atomic E-state index is 0.0246. The van der Waals surface area contributed by atoms with Gasteiger partial charge in [0.05, 0.1) is 11.1 Å². The van der Waals surface area contributed by atoms with E-state index in [2.05, 4.69) is 42.5 Å². The van der Waals surface area contributed by atoms with Gasteiger partial charge in [-0.2, -0.15) is 14.6 Å². The van der Waals surface area contributed by atoms with Gasteiger partial charge in [-0.25, -0.2) is 9.37 Å². The number of aryl methyl sites for hydroxylation is 1. The van der Waals surface area contributed by atoms with Crippen LogP contribution in [-0.4, -0.2) is 40.5 Å². The van der Waals surface area contributed by atoms with E-state index in [-0.39, 0.29) is 23.2 Å². The van der Waals surface area contributed by atoms with Crippen molar-refractivity contribution < 1.29 is 9.31 Å². The van der Waals surface area contributed by atoms with Gasteiger partial charge in [0.2, 0.25) is 11.6 Å². The van der Waals surface area contributed by atoms with Crippen molar-refractivity contribution in [3.8, 4) is 11.4 Å². The Morgan fingerprint density at radius 3 is 2.94 bits per heavy atom. The average molecular weight is 444 g/mol. The van der Waals surface area contributed by atoms with Crippen molar-refractivity contribution >= 4 is 28.2 Å². The maximum Gasteiger partial charge on any atom is 0.333 e. The number of benzene rings is 1. The van der Waals surface area contributed by atoms with Crippen LogP contribution in [0.1, 0.15) is 17.7 Å². The Labute approximate surface area is 185 Å². The zero-order valence-corrected chi connectivity index (χ0v) is 17.2. The first-order valence-corrected chi connectivity index (χ1v) is 10.4. The lowest BCUT2D eigenvalue weighted by Gasteiger charge is -2.24. The van der Waals surface area contributed by atoms with Crippen LogP contribution in [0.5, 0.6) is 0 Å². The summed E-state index contributed by atoms with van der Waals surface area (Å²) in [7, 11) is 0. The average Bonchev–Trinajstić information content (AvgIpc) is 3.41. The number of halogens is 1. The summed E-state index contributed by atoms with van der Waals surface area (Å²) in [6.07, 6.45) is 6.08. The lowest BCUT2D eigenvalue weighted by atomic mass is 9.91. The molecule has 164 valence electrons. The van der Waals surface area contributed by atoms with E-state index >= 15 is 0 Å². The van der Waals surface area contributed by atoms with E-state index in [0.717, 1.165) is 37.2 Å². The van der Waals surface area contributed by atoms with Gasteiger partial charge in [-0.1, -0.05) is 18.2 Å². The molecule has 2 N–H and O–H groups in total. The zero-order chi connectivity index (χ0) is 22.5. The van der Waals surface area contributed by atoms with E-state index in [9.17, 15) is 14.5 Å². The van der Waals surface area contributed by atoms with Crippen molar-refractivity contribution in [2.24, 2.45) is 0 Å². The normalized spacial score (nSPS) is 15.6. The number of hydrogen-bond acceptors (Lipinski definition) is 7. The fourth-order valence-corrected chi connectivity index (χ4v) is 4.43. The maximum atomic E-state index is 13.8. The summed E-state index contributed by atoms with van der Waals surface area (Å²) in [5, 5.41) is 20.2. The number of pyridine rings is 1. The molecule has 4 aromatic heterocycles. The molecule has 5 aromatic rings. The number of rotatable bonds is 4. The summed E-state index contributed by atoms with van der Waals surface area (Å²) in [4.78, 5) is 27.1. The topological polar surface area (TPSA) is 127 Å². The second-order valence-corrected chi connectivity index (χ2v) is 8.00. The molecule has 6 rings (SSSR count). The zero-order valence-electron chi connectivity index (χ0n) is 17.2. The molecule has 0 radical (unpaired) electrons. The smallest absolute Gasteiger partial charge is 0.333 e. The Balaban J connectivity index is 1.42. The molecule has 0 amide bonds. The van der Waals surface area contributed by atoms with E-state index in [1.165, 1.54) is 33.4 Å². The highest BCUT2D eigenvalue weighted by molar-refractivity contribution is 5.85. The highest BCUT2D eigenvalue weighted by Crippen LogP contribution is 2.31. The molecule has 1 aliphatic carbocycles. The molecule has 0 saturated heterocycles. The molecule has 0 aliphatic heterocycles. The van der Waals surface area contributed by atoms with Crippen LogP contribution < -0.4 is 5.32 Å². The molecule has 11 heteroatoms. The third-order valence-corrected chi connectivity index (χ3v) is 5.94. The summed E-state index contributed by atoms with van der Waals surface area (Å²) >= 11 is 0. The Hall–Kier alpha value is -4.41. The number of nitro groups is 1. The fourth-order valence-electron chi connectivity index (χ4n) is 4.43. The third kappa shape index (κ3) is 3.25. The molecule has 33 heavy (non-hydrogen) atoms. The summed E-state index contributed by atoms with van der Waals surface area (Å²) in [5.41, 5.74) is 3.67. The number of H-pyrrole nitrogens is 1. The Morgan fingerprint density at radius 2 is 2.09 bits per heavy atom. The molecule has 4 heterocycles. The number of nitrogens with zero attached hydrogens (tertiary/aromatic N) is 6. The van der Waals surface area contributed by atoms with Crippen LogP contribution in [0.3, 0.4) is 0 Å². The number of aromatic amines is 1. The van der Waals surface area contributed by atoms with Crippen LogP contribution in [-0.2, 0) is 12.8 Å². The van der Waals surface area contributed by atoms with E-state index in [4.69, 9.17) is 0 Å². The quantitative estimate of drug-likeness (QED) is 0.320. The van der Waals surface area contributed by atoms with Gasteiger partial charge < -0.3 is 10.3 Å². The lowest BCUT2D eigenvalue weighted by molar-refractivity contribution is -0.383. The SMILES string of the molecule is O=[N+]([O-])c1cnn2c(NC3CCc4[nH]c5ccccc5c4C3)nc(-c3cncc(F)c3)nc12. The molecule has 0 saturated carbocycles. The van der Waals surface area contributed by atoms with Crippen molar-refractivity contribution in [1.29, 1.82) is 0 Å². The predicted molar refractivity (Wildman–Crippen MR) is 118 cm³/mol. The van der Waals surface area contributed by atoms with Crippen molar-refractivity contribution in [2.45, 2.75) is 25.3 Å². The lowest BCUT2D eigenvalue weighted by Crippen LogP contribution is -2.29. The molecule has 0 spiro atoms. The third-order valence-electron chi connectivity index (χ3n) is 5.94. The molecule has 10 nitrogen and oxygen atoms in total. The van der Waals surface area contributed by atoms with Crippen molar-refractivity contribution in [1.82, 2.24) is 29.5 Å². The number of hydrogen-bond donors (Lipinski definition) is 2. The van der Waals surface area contributed by atoms with Crippen LogP contribution in [0.25, 0.3) is 27.9 Å². The minimum Gasteiger partial charge on any atom is -0.358 e. The van der Waals surface area contributed by atoms with Gasteiger partial charge in [0.15, 0.2) is 5.82 Å². The molecule has 1 unspecified atom stereocenters. The summed E-state index contributed by atoms with van der Waals surface area (Å²) < 4.78 is 15.1. The molecule has 1 aromatic carbocycles. The number of nitrogens with one attached hydrogen (secondary N) is 2. The largest absolute Gasteiger partial charge is 0.358 e. The predicted octanol–water partition coefficient (Wildman–Crippen LogP) is 3.68. The summed E-state index contributed by atoms with van der Waals surface area (Å²) in [6.45, 7) is 0. The summed E-state index contributed by atoms with van der Waals surface area (Å²) in [5.74, 6) is -0.113. The van der Waals surface area contributed by atoms with Crippen LogP contribution in [0.15, 0.2) is 48.9 Å². The number of fused-ring (bicyclic) bond motifs is 4. The highest BCUT2D eigenvalue weighted by Gasteiger charge is 2.26. The van der Waals surface area contributed by atoms with E-state index in [0.29, 0.717) is 11.5 Å². The van der Waals surface area contributed by atoms with Crippen LogP contribution in [0.4, 0.5) is 16.0 Å². The second-order valence-electron chi connectivity index (χ2n) is 8.00. The van der Waals surface area contributed by atoms with Crippen LogP contribution >= 0.6 is 0 Å². The maximum absolute atomic E-state index is 13.8. The number of anilines is 1. The molecule has 0 fully saturated rings. The first-order chi connectivity index (χ1) is 16.1. The summed E-state index contributed by atoms with van der Waals surface area (Å²) in [6, 6.07) is 9.45. The van der Waals surface area contributed by atoms with Gasteiger partial charge in [-0.15, -0.1) is 0 Å². The van der Waals surface area contributed by atoms with Gasteiger partial charge in [-0.05, 0) is 37.0 Å². The Kier molecular flexibility index (Phi) is 4.28. The van der Waals surface area contributed by atoms with Gasteiger partial charge in [0.25, 0.3) is 0 Å². The highest BCUT2D eigenvalue weighted by atomic mass is 19.1. The van der Waals surface area contributed by atoms with Crippen LogP contribution in [0, 0.1) is 15.9 Å². The number of aromatic nitrogens is 6. The van der Waals surface area contributed by atoms with Crippen molar-refractivity contribution in [2.75, 3.05) is 5.32 Å². The molecular formula is C22H17FN8O2. The van der Waals surface area contributed by atoms with Crippen LogP contribution in [0.2, 0.25) is 0 Å². The molecule has 1 atom stereocenters.